The number of rotatable bonds is 2. The smallest absolute Gasteiger partial charge is 0.0426 e. The van der Waals surface area contributed by atoms with Crippen molar-refractivity contribution in [2.45, 2.75) is 13.8 Å². The second-order valence-electron chi connectivity index (χ2n) is 2.86. The number of aryl methyl sites for hydroxylation is 1. The highest BCUT2D eigenvalue weighted by atomic mass is 35.5. The molecule has 0 spiro atoms. The van der Waals surface area contributed by atoms with Crippen molar-refractivity contribution in [1.29, 1.82) is 0 Å². The number of anilines is 1. The molecule has 0 fully saturated rings. The van der Waals surface area contributed by atoms with E-state index in [9.17, 15) is 0 Å². The predicted molar refractivity (Wildman–Crippen MR) is 54.6 cm³/mol. The van der Waals surface area contributed by atoms with Gasteiger partial charge in [-0.25, -0.2) is 0 Å². The molecule has 1 aromatic carbocycles. The minimum Gasteiger partial charge on any atom is -0.359 e. The number of allylic oxidation sites excluding steroid dienone is 1. The molecule has 64 valence electrons. The SMILES string of the molecule is C=C(C)Nc1cc(Cl)ccc1C. The zero-order chi connectivity index (χ0) is 9.14. The van der Waals surface area contributed by atoms with Crippen LogP contribution in [0.5, 0.6) is 0 Å². The second kappa shape index (κ2) is 3.63. The Morgan fingerprint density at radius 2 is 2.17 bits per heavy atom. The zero-order valence-electron chi connectivity index (χ0n) is 7.32. The van der Waals surface area contributed by atoms with Crippen molar-refractivity contribution in [2.24, 2.45) is 0 Å². The Morgan fingerprint density at radius 1 is 1.50 bits per heavy atom. The fourth-order valence-electron chi connectivity index (χ4n) is 0.959. The van der Waals surface area contributed by atoms with Crippen LogP contribution in [0.1, 0.15) is 12.5 Å². The van der Waals surface area contributed by atoms with Crippen molar-refractivity contribution >= 4 is 17.3 Å². The molecule has 0 aliphatic heterocycles. The third kappa shape index (κ3) is 2.28. The average molecular weight is 182 g/mol. The molecule has 1 N–H and O–H groups in total. The van der Waals surface area contributed by atoms with E-state index in [0.717, 1.165) is 16.4 Å². The van der Waals surface area contributed by atoms with Gasteiger partial charge in [0, 0.05) is 16.4 Å². The normalized spacial score (nSPS) is 9.58. The van der Waals surface area contributed by atoms with E-state index in [0.29, 0.717) is 0 Å². The summed E-state index contributed by atoms with van der Waals surface area (Å²) in [6.45, 7) is 7.71. The van der Waals surface area contributed by atoms with Crippen LogP contribution in [0.15, 0.2) is 30.5 Å². The first-order valence-electron chi connectivity index (χ1n) is 3.78. The summed E-state index contributed by atoms with van der Waals surface area (Å²) in [7, 11) is 0. The van der Waals surface area contributed by atoms with Crippen LogP contribution in [0.2, 0.25) is 5.02 Å². The lowest BCUT2D eigenvalue weighted by atomic mass is 10.2. The fraction of sp³-hybridized carbons (Fsp3) is 0.200. The summed E-state index contributed by atoms with van der Waals surface area (Å²) in [6, 6.07) is 5.75. The summed E-state index contributed by atoms with van der Waals surface area (Å²) >= 11 is 5.83. The Balaban J connectivity index is 2.97. The fourth-order valence-corrected chi connectivity index (χ4v) is 1.13. The molecule has 1 aromatic rings. The third-order valence-corrected chi connectivity index (χ3v) is 1.78. The average Bonchev–Trinajstić information content (AvgIpc) is 1.96. The second-order valence-corrected chi connectivity index (χ2v) is 3.30. The van der Waals surface area contributed by atoms with Crippen molar-refractivity contribution in [2.75, 3.05) is 5.32 Å². The molecule has 0 saturated heterocycles. The first kappa shape index (κ1) is 9.14. The molecule has 0 aliphatic carbocycles. The van der Waals surface area contributed by atoms with E-state index in [1.807, 2.05) is 32.0 Å². The minimum absolute atomic E-state index is 0.740. The van der Waals surface area contributed by atoms with Gasteiger partial charge in [-0.2, -0.15) is 0 Å². The lowest BCUT2D eigenvalue weighted by Crippen LogP contribution is -1.95. The van der Waals surface area contributed by atoms with Crippen LogP contribution in [-0.2, 0) is 0 Å². The number of benzene rings is 1. The lowest BCUT2D eigenvalue weighted by Gasteiger charge is -2.08. The van der Waals surface area contributed by atoms with Crippen LogP contribution >= 0.6 is 11.6 Å². The summed E-state index contributed by atoms with van der Waals surface area (Å²) in [5, 5.41) is 3.88. The molecule has 0 aromatic heterocycles. The molecule has 0 amide bonds. The Morgan fingerprint density at radius 3 is 2.75 bits per heavy atom. The van der Waals surface area contributed by atoms with Gasteiger partial charge in [-0.3, -0.25) is 0 Å². The highest BCUT2D eigenvalue weighted by Crippen LogP contribution is 2.20. The molecule has 0 atom stereocenters. The van der Waals surface area contributed by atoms with Gasteiger partial charge in [-0.05, 0) is 31.5 Å². The molecule has 1 rings (SSSR count). The Labute approximate surface area is 78.1 Å². The van der Waals surface area contributed by atoms with E-state index in [1.54, 1.807) is 0 Å². The highest BCUT2D eigenvalue weighted by Gasteiger charge is 1.97. The maximum Gasteiger partial charge on any atom is 0.0426 e. The van der Waals surface area contributed by atoms with Gasteiger partial charge in [-0.1, -0.05) is 24.2 Å². The Bertz CT molecular complexity index is 305. The van der Waals surface area contributed by atoms with E-state index >= 15 is 0 Å². The highest BCUT2D eigenvalue weighted by molar-refractivity contribution is 6.30. The van der Waals surface area contributed by atoms with Crippen molar-refractivity contribution in [1.82, 2.24) is 0 Å². The molecule has 0 unspecified atom stereocenters. The number of nitrogens with one attached hydrogen (secondary N) is 1. The molecule has 0 heterocycles. The van der Waals surface area contributed by atoms with E-state index in [-0.39, 0.29) is 0 Å². The molecular formula is C10H12ClN. The summed E-state index contributed by atoms with van der Waals surface area (Å²) in [5.41, 5.74) is 3.11. The zero-order valence-corrected chi connectivity index (χ0v) is 8.07. The van der Waals surface area contributed by atoms with Crippen LogP contribution < -0.4 is 5.32 Å². The Hall–Kier alpha value is -0.950. The van der Waals surface area contributed by atoms with Gasteiger partial charge < -0.3 is 5.32 Å². The predicted octanol–water partition coefficient (Wildman–Crippen LogP) is 3.59. The molecule has 2 heteroatoms. The molecule has 0 saturated carbocycles. The lowest BCUT2D eigenvalue weighted by molar-refractivity contribution is 1.35. The van der Waals surface area contributed by atoms with Crippen LogP contribution in [0.4, 0.5) is 5.69 Å². The molecule has 12 heavy (non-hydrogen) atoms. The van der Waals surface area contributed by atoms with Gasteiger partial charge in [0.1, 0.15) is 0 Å². The van der Waals surface area contributed by atoms with Crippen molar-refractivity contribution < 1.29 is 0 Å². The van der Waals surface area contributed by atoms with E-state index in [1.165, 1.54) is 5.56 Å². The third-order valence-electron chi connectivity index (χ3n) is 1.55. The van der Waals surface area contributed by atoms with Crippen LogP contribution in [0.3, 0.4) is 0 Å². The first-order valence-corrected chi connectivity index (χ1v) is 4.16. The van der Waals surface area contributed by atoms with Gasteiger partial charge >= 0.3 is 0 Å². The standard InChI is InChI=1S/C10H12ClN/c1-7(2)12-10-6-9(11)5-4-8(10)3/h4-6,12H,1H2,2-3H3. The molecule has 0 radical (unpaired) electrons. The van der Waals surface area contributed by atoms with Crippen molar-refractivity contribution in [3.05, 3.63) is 41.1 Å². The minimum atomic E-state index is 0.740. The summed E-state index contributed by atoms with van der Waals surface area (Å²) in [4.78, 5) is 0. The Kier molecular flexibility index (Phi) is 2.77. The van der Waals surface area contributed by atoms with Crippen LogP contribution in [-0.4, -0.2) is 0 Å². The van der Waals surface area contributed by atoms with E-state index < -0.39 is 0 Å². The van der Waals surface area contributed by atoms with Gasteiger partial charge in [0.05, 0.1) is 0 Å². The van der Waals surface area contributed by atoms with E-state index in [4.69, 9.17) is 11.6 Å². The molecule has 0 aliphatic rings. The number of hydrogen-bond acceptors (Lipinski definition) is 1. The summed E-state index contributed by atoms with van der Waals surface area (Å²) in [6.07, 6.45) is 0. The van der Waals surface area contributed by atoms with Gasteiger partial charge in [0.25, 0.3) is 0 Å². The first-order chi connectivity index (χ1) is 5.59. The van der Waals surface area contributed by atoms with Gasteiger partial charge in [0.2, 0.25) is 0 Å². The maximum absolute atomic E-state index is 5.83. The summed E-state index contributed by atoms with van der Waals surface area (Å²) in [5.74, 6) is 0. The maximum atomic E-state index is 5.83. The van der Waals surface area contributed by atoms with Crippen molar-refractivity contribution in [3.8, 4) is 0 Å². The number of hydrogen-bond donors (Lipinski definition) is 1. The summed E-state index contributed by atoms with van der Waals surface area (Å²) < 4.78 is 0. The van der Waals surface area contributed by atoms with Crippen LogP contribution in [0.25, 0.3) is 0 Å². The van der Waals surface area contributed by atoms with Crippen LogP contribution in [0, 0.1) is 6.92 Å². The van der Waals surface area contributed by atoms with Crippen molar-refractivity contribution in [3.63, 3.8) is 0 Å². The number of halogens is 1. The monoisotopic (exact) mass is 181 g/mol. The molecular weight excluding hydrogens is 170 g/mol. The topological polar surface area (TPSA) is 12.0 Å². The van der Waals surface area contributed by atoms with E-state index in [2.05, 4.69) is 11.9 Å². The van der Waals surface area contributed by atoms with Gasteiger partial charge in [-0.15, -0.1) is 0 Å². The molecule has 0 bridgehead atoms. The molecule has 1 nitrogen and oxygen atoms in total. The quantitative estimate of drug-likeness (QED) is 0.735. The largest absolute Gasteiger partial charge is 0.359 e. The van der Waals surface area contributed by atoms with Gasteiger partial charge in [0.15, 0.2) is 0 Å².